The fraction of sp³-hybridized carbons (Fsp3) is 0.176. The number of nitro groups is 1. The zero-order valence-corrected chi connectivity index (χ0v) is 13.1. The number of hydrogen-bond donors (Lipinski definition) is 0. The number of pyridine rings is 1. The largest absolute Gasteiger partial charge is 0.481 e. The number of hydrogen-bond acceptors (Lipinski definition) is 6. The molecule has 0 saturated heterocycles. The van der Waals surface area contributed by atoms with E-state index in [0.29, 0.717) is 11.1 Å². The standard InChI is InChI=1S/C17H14N2O5/c1-10-5-6-13-12(8-15(20)24-16(13)11(10)2)9-23-14-4-3-7-18-17(14)19(21)22/h3-8H,9H2,1-2H3. The van der Waals surface area contributed by atoms with Crippen molar-refractivity contribution in [2.75, 3.05) is 0 Å². The van der Waals surface area contributed by atoms with E-state index in [1.807, 2.05) is 26.0 Å². The van der Waals surface area contributed by atoms with Gasteiger partial charge in [-0.2, -0.15) is 0 Å². The highest BCUT2D eigenvalue weighted by atomic mass is 16.6. The Kier molecular flexibility index (Phi) is 3.99. The van der Waals surface area contributed by atoms with Crippen LogP contribution < -0.4 is 10.4 Å². The molecular weight excluding hydrogens is 312 g/mol. The van der Waals surface area contributed by atoms with Gasteiger partial charge in [0.1, 0.15) is 18.4 Å². The van der Waals surface area contributed by atoms with Crippen LogP contribution in [0.2, 0.25) is 0 Å². The van der Waals surface area contributed by atoms with Crippen LogP contribution in [0.1, 0.15) is 16.7 Å². The molecule has 0 atom stereocenters. The Morgan fingerprint density at radius 1 is 1.29 bits per heavy atom. The predicted molar refractivity (Wildman–Crippen MR) is 87.2 cm³/mol. The van der Waals surface area contributed by atoms with Gasteiger partial charge in [-0.3, -0.25) is 0 Å². The smallest absolute Gasteiger partial charge is 0.406 e. The van der Waals surface area contributed by atoms with Gasteiger partial charge >= 0.3 is 11.4 Å². The minimum Gasteiger partial charge on any atom is -0.481 e. The van der Waals surface area contributed by atoms with Gasteiger partial charge in [0.05, 0.1) is 0 Å². The van der Waals surface area contributed by atoms with Gasteiger partial charge in [0.15, 0.2) is 0 Å². The Bertz CT molecular complexity index is 994. The second-order valence-corrected chi connectivity index (χ2v) is 5.35. The Balaban J connectivity index is 2.01. The van der Waals surface area contributed by atoms with E-state index in [9.17, 15) is 14.9 Å². The molecule has 0 unspecified atom stereocenters. The number of nitrogens with zero attached hydrogens (tertiary/aromatic N) is 2. The van der Waals surface area contributed by atoms with Gasteiger partial charge in [-0.05, 0) is 47.0 Å². The highest BCUT2D eigenvalue weighted by Gasteiger charge is 2.17. The van der Waals surface area contributed by atoms with Gasteiger partial charge in [-0.15, -0.1) is 0 Å². The zero-order chi connectivity index (χ0) is 17.3. The topological polar surface area (TPSA) is 95.5 Å². The second-order valence-electron chi connectivity index (χ2n) is 5.35. The van der Waals surface area contributed by atoms with Gasteiger partial charge in [0.2, 0.25) is 5.75 Å². The SMILES string of the molecule is Cc1ccc2c(COc3cccnc3[N+](=O)[O-])cc(=O)oc2c1C. The first-order chi connectivity index (χ1) is 11.5. The predicted octanol–water partition coefficient (Wildman–Crippen LogP) is 3.29. The maximum absolute atomic E-state index is 11.8. The Morgan fingerprint density at radius 2 is 2.08 bits per heavy atom. The molecule has 0 amide bonds. The van der Waals surface area contributed by atoms with E-state index in [0.717, 1.165) is 16.5 Å². The van der Waals surface area contributed by atoms with Crippen molar-refractivity contribution < 1.29 is 14.1 Å². The zero-order valence-electron chi connectivity index (χ0n) is 13.1. The number of fused-ring (bicyclic) bond motifs is 1. The van der Waals surface area contributed by atoms with Crippen LogP contribution >= 0.6 is 0 Å². The first kappa shape index (κ1) is 15.7. The summed E-state index contributed by atoms with van der Waals surface area (Å²) in [5.74, 6) is -0.315. The molecule has 3 aromatic rings. The van der Waals surface area contributed by atoms with Crippen LogP contribution in [0, 0.1) is 24.0 Å². The summed E-state index contributed by atoms with van der Waals surface area (Å²) in [5.41, 5.74) is 2.49. The molecule has 7 nitrogen and oxygen atoms in total. The van der Waals surface area contributed by atoms with Crippen molar-refractivity contribution in [2.45, 2.75) is 20.5 Å². The monoisotopic (exact) mass is 326 g/mol. The summed E-state index contributed by atoms with van der Waals surface area (Å²) in [5, 5.41) is 11.7. The van der Waals surface area contributed by atoms with Gasteiger partial charge in [-0.1, -0.05) is 12.1 Å². The average Bonchev–Trinajstić information content (AvgIpc) is 2.56. The number of rotatable bonds is 4. The van der Waals surface area contributed by atoms with Crippen LogP contribution in [0.3, 0.4) is 0 Å². The third-order valence-electron chi connectivity index (χ3n) is 3.82. The van der Waals surface area contributed by atoms with E-state index in [4.69, 9.17) is 9.15 Å². The molecular formula is C17H14N2O5. The first-order valence-corrected chi connectivity index (χ1v) is 7.22. The van der Waals surface area contributed by atoms with Gasteiger partial charge in [0, 0.05) is 17.0 Å². The van der Waals surface area contributed by atoms with Crippen molar-refractivity contribution in [1.29, 1.82) is 0 Å². The van der Waals surface area contributed by atoms with Crippen LogP contribution in [0.25, 0.3) is 11.0 Å². The molecule has 7 heteroatoms. The van der Waals surface area contributed by atoms with Crippen molar-refractivity contribution in [2.24, 2.45) is 0 Å². The molecule has 0 aliphatic carbocycles. The molecule has 24 heavy (non-hydrogen) atoms. The summed E-state index contributed by atoms with van der Waals surface area (Å²) >= 11 is 0. The van der Waals surface area contributed by atoms with Gasteiger partial charge < -0.3 is 19.3 Å². The van der Waals surface area contributed by atoms with E-state index in [1.165, 1.54) is 18.3 Å². The summed E-state index contributed by atoms with van der Waals surface area (Å²) in [7, 11) is 0. The third-order valence-corrected chi connectivity index (χ3v) is 3.82. The lowest BCUT2D eigenvalue weighted by Gasteiger charge is -2.10. The summed E-state index contributed by atoms with van der Waals surface area (Å²) in [6.45, 7) is 3.80. The summed E-state index contributed by atoms with van der Waals surface area (Å²) in [6.07, 6.45) is 1.32. The third kappa shape index (κ3) is 2.83. The molecule has 0 aliphatic rings. The molecule has 122 valence electrons. The van der Waals surface area contributed by atoms with Crippen molar-refractivity contribution >= 4 is 16.8 Å². The van der Waals surface area contributed by atoms with Gasteiger partial charge in [0.25, 0.3) is 0 Å². The quantitative estimate of drug-likeness (QED) is 0.415. The summed E-state index contributed by atoms with van der Waals surface area (Å²) < 4.78 is 10.8. The molecule has 0 saturated carbocycles. The molecule has 0 radical (unpaired) electrons. The number of ether oxygens (including phenoxy) is 1. The molecule has 2 aromatic heterocycles. The Labute approximate surface area is 136 Å². The molecule has 0 fully saturated rings. The van der Waals surface area contributed by atoms with E-state index in [-0.39, 0.29) is 18.2 Å². The normalized spacial score (nSPS) is 10.8. The van der Waals surface area contributed by atoms with E-state index >= 15 is 0 Å². The van der Waals surface area contributed by atoms with Crippen LogP contribution in [-0.2, 0) is 6.61 Å². The van der Waals surface area contributed by atoms with E-state index in [1.54, 1.807) is 6.07 Å². The Morgan fingerprint density at radius 3 is 2.83 bits per heavy atom. The minimum atomic E-state index is -0.611. The van der Waals surface area contributed by atoms with Crippen molar-refractivity contribution in [1.82, 2.24) is 4.98 Å². The summed E-state index contributed by atoms with van der Waals surface area (Å²) in [6, 6.07) is 8.12. The first-order valence-electron chi connectivity index (χ1n) is 7.22. The fourth-order valence-corrected chi connectivity index (χ4v) is 2.43. The van der Waals surface area contributed by atoms with E-state index < -0.39 is 10.5 Å². The van der Waals surface area contributed by atoms with Crippen LogP contribution in [0.4, 0.5) is 5.82 Å². The van der Waals surface area contributed by atoms with Crippen LogP contribution in [0.15, 0.2) is 45.7 Å². The summed E-state index contributed by atoms with van der Waals surface area (Å²) in [4.78, 5) is 25.9. The van der Waals surface area contributed by atoms with Gasteiger partial charge in [-0.25, -0.2) is 4.79 Å². The van der Waals surface area contributed by atoms with Crippen molar-refractivity contribution in [3.8, 4) is 5.75 Å². The molecule has 0 N–H and O–H groups in total. The fourth-order valence-electron chi connectivity index (χ4n) is 2.43. The number of aryl methyl sites for hydroxylation is 2. The van der Waals surface area contributed by atoms with Crippen molar-refractivity contribution in [3.63, 3.8) is 0 Å². The highest BCUT2D eigenvalue weighted by Crippen LogP contribution is 2.27. The van der Waals surface area contributed by atoms with Crippen LogP contribution in [-0.4, -0.2) is 9.91 Å². The Hall–Kier alpha value is -3.22. The number of aromatic nitrogens is 1. The second kappa shape index (κ2) is 6.11. The maximum Gasteiger partial charge on any atom is 0.406 e. The molecule has 0 aliphatic heterocycles. The average molecular weight is 326 g/mol. The lowest BCUT2D eigenvalue weighted by atomic mass is 10.0. The lowest BCUT2D eigenvalue weighted by Crippen LogP contribution is -2.06. The molecule has 3 rings (SSSR count). The van der Waals surface area contributed by atoms with E-state index in [2.05, 4.69) is 4.98 Å². The lowest BCUT2D eigenvalue weighted by molar-refractivity contribution is -0.390. The molecule has 0 spiro atoms. The molecule has 1 aromatic carbocycles. The number of benzene rings is 1. The van der Waals surface area contributed by atoms with Crippen LogP contribution in [0.5, 0.6) is 5.75 Å². The molecule has 2 heterocycles. The molecule has 0 bridgehead atoms. The maximum atomic E-state index is 11.8. The minimum absolute atomic E-state index is 0.00284. The highest BCUT2D eigenvalue weighted by molar-refractivity contribution is 5.83. The van der Waals surface area contributed by atoms with Crippen molar-refractivity contribution in [3.05, 3.63) is 73.8 Å².